The predicted octanol–water partition coefficient (Wildman–Crippen LogP) is 1.13. The number of hydrogen-bond acceptors (Lipinski definition) is 5. The van der Waals surface area contributed by atoms with E-state index < -0.39 is 5.60 Å². The van der Waals surface area contributed by atoms with Crippen molar-refractivity contribution in [3.05, 3.63) is 36.2 Å². The van der Waals surface area contributed by atoms with Crippen LogP contribution in [0.4, 0.5) is 0 Å². The van der Waals surface area contributed by atoms with Crippen LogP contribution in [-0.4, -0.2) is 45.0 Å². The second-order valence-corrected chi connectivity index (χ2v) is 5.15. The van der Waals surface area contributed by atoms with Gasteiger partial charge in [-0.05, 0) is 26.0 Å². The minimum atomic E-state index is -0.427. The molecule has 0 fully saturated rings. The van der Waals surface area contributed by atoms with Gasteiger partial charge in [0.25, 0.3) is 5.91 Å². The summed E-state index contributed by atoms with van der Waals surface area (Å²) in [6.45, 7) is 4.16. The Bertz CT molecular complexity index is 619. The highest BCUT2D eigenvalue weighted by Crippen LogP contribution is 2.13. The van der Waals surface area contributed by atoms with Gasteiger partial charge in [0.05, 0.1) is 17.4 Å². The van der Waals surface area contributed by atoms with Crippen molar-refractivity contribution in [2.75, 3.05) is 13.7 Å². The summed E-state index contributed by atoms with van der Waals surface area (Å²) >= 11 is 0. The molecule has 0 saturated carbocycles. The largest absolute Gasteiger partial charge is 0.493 e. The summed E-state index contributed by atoms with van der Waals surface area (Å²) in [4.78, 5) is 16.1. The van der Waals surface area contributed by atoms with Crippen molar-refractivity contribution < 1.29 is 14.6 Å². The van der Waals surface area contributed by atoms with Crippen LogP contribution < -0.4 is 5.32 Å². The zero-order valence-electron chi connectivity index (χ0n) is 12.2. The predicted molar refractivity (Wildman–Crippen MR) is 76.4 cm³/mol. The minimum absolute atomic E-state index is 0.0125. The highest BCUT2D eigenvalue weighted by molar-refractivity contribution is 5.93. The standard InChI is InChI=1S/C14H18N4O3/c1-14(2,21-3)9-16-13(20)10-4-5-11(15-8-10)18-12(19)6-7-17-18/h4-8,19H,9H2,1-3H3,(H,16,20). The number of carbonyl (C=O) groups excluding carboxylic acids is 1. The Labute approximate surface area is 122 Å². The molecule has 0 aliphatic carbocycles. The summed E-state index contributed by atoms with van der Waals surface area (Å²) in [5.41, 5.74) is 0.00135. The van der Waals surface area contributed by atoms with E-state index >= 15 is 0 Å². The minimum Gasteiger partial charge on any atom is -0.493 e. The maximum atomic E-state index is 12.0. The number of amides is 1. The number of methoxy groups -OCH3 is 1. The van der Waals surface area contributed by atoms with Gasteiger partial charge in [-0.3, -0.25) is 4.79 Å². The van der Waals surface area contributed by atoms with Crippen molar-refractivity contribution >= 4 is 5.91 Å². The van der Waals surface area contributed by atoms with E-state index in [0.717, 1.165) is 0 Å². The Balaban J connectivity index is 2.05. The number of rotatable bonds is 5. The highest BCUT2D eigenvalue weighted by Gasteiger charge is 2.18. The van der Waals surface area contributed by atoms with Gasteiger partial charge in [0, 0.05) is 25.9 Å². The number of nitrogens with zero attached hydrogens (tertiary/aromatic N) is 3. The first-order valence-corrected chi connectivity index (χ1v) is 6.46. The van der Waals surface area contributed by atoms with E-state index in [1.54, 1.807) is 19.2 Å². The molecule has 0 aliphatic rings. The lowest BCUT2D eigenvalue weighted by molar-refractivity contribution is 0.0228. The quantitative estimate of drug-likeness (QED) is 0.861. The number of aromatic hydroxyl groups is 1. The third-order valence-corrected chi connectivity index (χ3v) is 3.08. The van der Waals surface area contributed by atoms with E-state index in [4.69, 9.17) is 4.74 Å². The summed E-state index contributed by atoms with van der Waals surface area (Å²) in [5.74, 6) is 0.191. The molecule has 0 atom stereocenters. The van der Waals surface area contributed by atoms with Gasteiger partial charge in [-0.1, -0.05) is 0 Å². The average molecular weight is 290 g/mol. The molecule has 0 aromatic carbocycles. The molecule has 7 heteroatoms. The first kappa shape index (κ1) is 15.0. The number of carbonyl (C=O) groups is 1. The molecule has 2 N–H and O–H groups in total. The third kappa shape index (κ3) is 3.57. The molecule has 21 heavy (non-hydrogen) atoms. The van der Waals surface area contributed by atoms with Gasteiger partial charge in [-0.2, -0.15) is 9.78 Å². The first-order chi connectivity index (χ1) is 9.93. The van der Waals surface area contributed by atoms with Crippen molar-refractivity contribution in [1.82, 2.24) is 20.1 Å². The molecule has 112 valence electrons. The molecular weight excluding hydrogens is 272 g/mol. The van der Waals surface area contributed by atoms with Gasteiger partial charge in [-0.15, -0.1) is 0 Å². The lowest BCUT2D eigenvalue weighted by atomic mass is 10.1. The van der Waals surface area contributed by atoms with Crippen LogP contribution in [0.1, 0.15) is 24.2 Å². The molecule has 0 aliphatic heterocycles. The van der Waals surface area contributed by atoms with Gasteiger partial charge >= 0.3 is 0 Å². The third-order valence-electron chi connectivity index (χ3n) is 3.08. The Kier molecular flexibility index (Phi) is 4.23. The molecule has 0 bridgehead atoms. The monoisotopic (exact) mass is 290 g/mol. The van der Waals surface area contributed by atoms with Gasteiger partial charge in [0.2, 0.25) is 5.88 Å². The molecule has 0 radical (unpaired) electrons. The lowest BCUT2D eigenvalue weighted by Crippen LogP contribution is -2.39. The molecule has 0 spiro atoms. The van der Waals surface area contributed by atoms with Crippen molar-refractivity contribution in [2.24, 2.45) is 0 Å². The van der Waals surface area contributed by atoms with Crippen LogP contribution in [0.15, 0.2) is 30.6 Å². The zero-order valence-corrected chi connectivity index (χ0v) is 12.2. The van der Waals surface area contributed by atoms with Gasteiger partial charge in [0.15, 0.2) is 5.82 Å². The number of aromatic nitrogens is 3. The molecule has 2 aromatic heterocycles. The fraction of sp³-hybridized carbons (Fsp3) is 0.357. The van der Waals surface area contributed by atoms with Crippen LogP contribution in [0.5, 0.6) is 5.88 Å². The first-order valence-electron chi connectivity index (χ1n) is 6.46. The van der Waals surface area contributed by atoms with E-state index in [-0.39, 0.29) is 11.8 Å². The lowest BCUT2D eigenvalue weighted by Gasteiger charge is -2.23. The van der Waals surface area contributed by atoms with Crippen molar-refractivity contribution in [2.45, 2.75) is 19.4 Å². The molecular formula is C14H18N4O3. The summed E-state index contributed by atoms with van der Waals surface area (Å²) < 4.78 is 6.51. The fourth-order valence-corrected chi connectivity index (χ4v) is 1.59. The van der Waals surface area contributed by atoms with Crippen molar-refractivity contribution in [3.63, 3.8) is 0 Å². The van der Waals surface area contributed by atoms with Crippen LogP contribution in [-0.2, 0) is 4.74 Å². The normalized spacial score (nSPS) is 11.4. The molecule has 2 rings (SSSR count). The van der Waals surface area contributed by atoms with E-state index in [0.29, 0.717) is 17.9 Å². The summed E-state index contributed by atoms with van der Waals surface area (Å²) in [5, 5.41) is 16.3. The van der Waals surface area contributed by atoms with Crippen molar-refractivity contribution in [1.29, 1.82) is 0 Å². The Morgan fingerprint density at radius 1 is 1.43 bits per heavy atom. The van der Waals surface area contributed by atoms with Gasteiger partial charge in [-0.25, -0.2) is 4.98 Å². The molecule has 0 saturated heterocycles. The Hall–Kier alpha value is -2.41. The summed E-state index contributed by atoms with van der Waals surface area (Å²) in [7, 11) is 1.60. The molecule has 2 aromatic rings. The summed E-state index contributed by atoms with van der Waals surface area (Å²) in [6, 6.07) is 4.69. The number of nitrogens with one attached hydrogen (secondary N) is 1. The van der Waals surface area contributed by atoms with Crippen LogP contribution in [0.2, 0.25) is 0 Å². The second-order valence-electron chi connectivity index (χ2n) is 5.15. The highest BCUT2D eigenvalue weighted by atomic mass is 16.5. The smallest absolute Gasteiger partial charge is 0.252 e. The maximum Gasteiger partial charge on any atom is 0.252 e. The molecule has 1 amide bonds. The van der Waals surface area contributed by atoms with Crippen LogP contribution in [0.25, 0.3) is 5.82 Å². The van der Waals surface area contributed by atoms with Crippen LogP contribution in [0.3, 0.4) is 0 Å². The Morgan fingerprint density at radius 2 is 2.19 bits per heavy atom. The molecule has 0 unspecified atom stereocenters. The second kappa shape index (κ2) is 5.92. The average Bonchev–Trinajstić information content (AvgIpc) is 2.91. The number of ether oxygens (including phenoxy) is 1. The number of pyridine rings is 1. The summed E-state index contributed by atoms with van der Waals surface area (Å²) in [6.07, 6.45) is 2.90. The Morgan fingerprint density at radius 3 is 2.71 bits per heavy atom. The van der Waals surface area contributed by atoms with Gasteiger partial charge < -0.3 is 15.2 Å². The van der Waals surface area contributed by atoms with Crippen LogP contribution >= 0.6 is 0 Å². The maximum absolute atomic E-state index is 12.0. The topological polar surface area (TPSA) is 89.3 Å². The van der Waals surface area contributed by atoms with Crippen molar-refractivity contribution in [3.8, 4) is 11.7 Å². The van der Waals surface area contributed by atoms with E-state index in [1.165, 1.54) is 23.1 Å². The van der Waals surface area contributed by atoms with E-state index in [2.05, 4.69) is 15.4 Å². The zero-order chi connectivity index (χ0) is 15.5. The van der Waals surface area contributed by atoms with E-state index in [1.807, 2.05) is 13.8 Å². The van der Waals surface area contributed by atoms with Crippen LogP contribution in [0, 0.1) is 0 Å². The number of hydrogen-bond donors (Lipinski definition) is 2. The molecule has 7 nitrogen and oxygen atoms in total. The fourth-order valence-electron chi connectivity index (χ4n) is 1.59. The molecule has 2 heterocycles. The van der Waals surface area contributed by atoms with E-state index in [9.17, 15) is 9.90 Å². The van der Waals surface area contributed by atoms with Gasteiger partial charge in [0.1, 0.15) is 0 Å². The SMILES string of the molecule is COC(C)(C)CNC(=O)c1ccc(-n2nccc2O)nc1.